The predicted molar refractivity (Wildman–Crippen MR) is 409 cm³/mol. The molecule has 2 aliphatic rings. The fourth-order valence-corrected chi connectivity index (χ4v) is 14.4. The van der Waals surface area contributed by atoms with E-state index in [4.69, 9.17) is 23.2 Å². The molecule has 21 nitrogen and oxygen atoms in total. The Kier molecular flexibility index (Phi) is 21.4. The minimum atomic E-state index is -0.674. The van der Waals surface area contributed by atoms with Crippen molar-refractivity contribution < 1.29 is 85.3 Å². The van der Waals surface area contributed by atoms with Gasteiger partial charge in [0.1, 0.15) is 23.0 Å². The molecular weight excluding hydrogens is 1370 g/mol. The Hall–Kier alpha value is -11.6. The average molecular weight is 1450 g/mol. The number of phenolic OH excluding ortho intramolecular Hbond substituents is 12. The number of halogens is 2. The molecule has 0 aromatic heterocycles. The number of fused-ring (bicyclic) bond motifs is 4. The van der Waals surface area contributed by atoms with Crippen molar-refractivity contribution in [2.24, 2.45) is 10.2 Å². The van der Waals surface area contributed by atoms with E-state index in [2.05, 4.69) is 10.2 Å². The van der Waals surface area contributed by atoms with Crippen molar-refractivity contribution in [3.05, 3.63) is 155 Å². The number of anilines is 2. The topological polar surface area (TPSA) is 359 Å². The molecular formula is C81H80Cl2N4O17. The van der Waals surface area contributed by atoms with Gasteiger partial charge < -0.3 is 61.3 Å². The molecule has 10 aromatic rings. The summed E-state index contributed by atoms with van der Waals surface area (Å²) in [5.41, 5.74) is 5.35. The summed E-state index contributed by atoms with van der Waals surface area (Å²) in [7, 11) is 0. The molecule has 0 saturated carbocycles. The maximum absolute atomic E-state index is 13.7. The third-order valence-electron chi connectivity index (χ3n) is 18.7. The van der Waals surface area contributed by atoms with Gasteiger partial charge in [0.2, 0.25) is 0 Å². The smallest absolute Gasteiger partial charge is 0.280 e. The third kappa shape index (κ3) is 12.7. The highest BCUT2D eigenvalue weighted by Crippen LogP contribution is 2.58. The van der Waals surface area contributed by atoms with E-state index < -0.39 is 69.2 Å². The standard InChI is InChI=1S/C40H37ClN2O8.C30H30O8.C10H9ClN2O.CH4/c1-16(2)28-24-12-18(5)30(31-19(6)13-25-29(17(3)4)39(50)35(46)27(15-44)33(25)37(31)48)36(47)32(24)26(34(45)38(28)49)14-23-20(7)42-43(40(23)51)22-10-8-21(41)9-11-22;1-11(2)19-15-7-13(5)21(27(35)23(15)17(9-31)25(33)29(19)37)22-14(6)8-16-20(12(3)4)30(38)26(34)18(10-32)24(16)28(22)36;1-7-6-10(14)13(12-7)9-4-2-8(11)3-5-9;/h8-17,45-50H,1-7H3;7-12,33-38H,1-6H3;2-5H,6H2,1H3;1H4/b23-14-;;;. The van der Waals surface area contributed by atoms with Crippen LogP contribution >= 0.6 is 23.2 Å². The van der Waals surface area contributed by atoms with Crippen molar-refractivity contribution in [2.75, 3.05) is 10.0 Å². The number of aldehydes is 3. The normalized spacial score (nSPS) is 13.4. The van der Waals surface area contributed by atoms with E-state index in [1.165, 1.54) is 16.1 Å². The van der Waals surface area contributed by atoms with Crippen LogP contribution in [0.5, 0.6) is 69.0 Å². The lowest BCUT2D eigenvalue weighted by Gasteiger charge is -2.23. The van der Waals surface area contributed by atoms with E-state index in [1.54, 1.807) is 149 Å². The van der Waals surface area contributed by atoms with E-state index in [0.29, 0.717) is 113 Å². The second-order valence-corrected chi connectivity index (χ2v) is 27.8. The first-order valence-corrected chi connectivity index (χ1v) is 33.6. The Morgan fingerprint density at radius 2 is 0.654 bits per heavy atom. The van der Waals surface area contributed by atoms with E-state index in [0.717, 1.165) is 11.4 Å². The summed E-state index contributed by atoms with van der Waals surface area (Å²) < 4.78 is 0. The van der Waals surface area contributed by atoms with Crippen molar-refractivity contribution in [3.63, 3.8) is 0 Å². The molecule has 0 radical (unpaired) electrons. The molecule has 12 N–H and O–H groups in total. The van der Waals surface area contributed by atoms with E-state index >= 15 is 0 Å². The number of nitrogens with zero attached hydrogens (tertiary/aromatic N) is 4. The highest BCUT2D eigenvalue weighted by Gasteiger charge is 2.35. The monoisotopic (exact) mass is 1450 g/mol. The number of carbonyl (C=O) groups is 5. The summed E-state index contributed by atoms with van der Waals surface area (Å²) >= 11 is 11.8. The number of aryl methyl sites for hydroxylation is 4. The minimum absolute atomic E-state index is 0. The molecule has 2 aliphatic heterocycles. The fourth-order valence-electron chi connectivity index (χ4n) is 14.2. The molecule has 104 heavy (non-hydrogen) atoms. The van der Waals surface area contributed by atoms with Gasteiger partial charge in [0.15, 0.2) is 64.9 Å². The average Bonchev–Trinajstić information content (AvgIpc) is 0.882. The molecule has 10 aromatic carbocycles. The molecule has 0 bridgehead atoms. The number of hydrogen-bond donors (Lipinski definition) is 12. The van der Waals surface area contributed by atoms with Crippen LogP contribution in [0.25, 0.3) is 71.4 Å². The van der Waals surface area contributed by atoms with Gasteiger partial charge in [0, 0.05) is 87.4 Å². The second kappa shape index (κ2) is 29.1. The zero-order chi connectivity index (χ0) is 75.9. The number of benzene rings is 10. The lowest BCUT2D eigenvalue weighted by Crippen LogP contribution is -2.21. The Morgan fingerprint density at radius 1 is 0.385 bits per heavy atom. The van der Waals surface area contributed by atoms with Gasteiger partial charge in [-0.3, -0.25) is 24.0 Å². The summed E-state index contributed by atoms with van der Waals surface area (Å²) in [5.74, 6) is -7.62. The Labute approximate surface area is 609 Å². The van der Waals surface area contributed by atoms with Crippen LogP contribution in [0.4, 0.5) is 11.4 Å². The number of hydrogen-bond acceptors (Lipinski definition) is 19. The van der Waals surface area contributed by atoms with Gasteiger partial charge in [-0.1, -0.05) is 110 Å². The largest absolute Gasteiger partial charge is 0.507 e. The summed E-state index contributed by atoms with van der Waals surface area (Å²) in [6.07, 6.45) is 2.80. The minimum Gasteiger partial charge on any atom is -0.507 e. The van der Waals surface area contributed by atoms with Crippen molar-refractivity contribution in [1.82, 2.24) is 0 Å². The first-order chi connectivity index (χ1) is 48.5. The Balaban J connectivity index is 0.000000207. The van der Waals surface area contributed by atoms with Crippen LogP contribution in [0.3, 0.4) is 0 Å². The number of carbonyl (C=O) groups excluding carboxylic acids is 5. The SMILES string of the molecule is C.CC1=NN(c2ccc(Cl)cc2)C(=O)/C1=C\c1c(O)c(O)c(C(C)C)c2cc(C)c(-c3c(C)cc4c(C(C)C)c(O)c(O)c(C=O)c4c3O)c(O)c12.CC1=NN(c2ccc(Cl)cc2)C(=O)C1.Cc1cc2c(C(C)C)c(O)c(O)c(C=O)c2c(O)c1-c1c(C)cc2c(C(C)C)c(O)c(O)c(C=O)c2c1O. The number of amides is 2. The highest BCUT2D eigenvalue weighted by atomic mass is 35.5. The van der Waals surface area contributed by atoms with Crippen LogP contribution in [0.2, 0.25) is 10.0 Å². The van der Waals surface area contributed by atoms with Crippen LogP contribution in [0, 0.1) is 27.7 Å². The van der Waals surface area contributed by atoms with Gasteiger partial charge in [0.05, 0.1) is 45.8 Å². The molecule has 2 heterocycles. The number of rotatable bonds is 12. The maximum atomic E-state index is 13.7. The number of hydrazone groups is 2. The van der Waals surface area contributed by atoms with Gasteiger partial charge in [-0.25, -0.2) is 5.01 Å². The van der Waals surface area contributed by atoms with Crippen LogP contribution < -0.4 is 10.0 Å². The third-order valence-corrected chi connectivity index (χ3v) is 19.2. The van der Waals surface area contributed by atoms with Crippen molar-refractivity contribution in [3.8, 4) is 91.2 Å². The zero-order valence-corrected chi connectivity index (χ0v) is 60.2. The Morgan fingerprint density at radius 3 is 0.913 bits per heavy atom. The summed E-state index contributed by atoms with van der Waals surface area (Å²) in [6.45, 7) is 24.7. The van der Waals surface area contributed by atoms with E-state index in [-0.39, 0.29) is 114 Å². The molecule has 0 unspecified atom stereocenters. The highest BCUT2D eigenvalue weighted by molar-refractivity contribution is 6.33. The molecule has 0 fully saturated rings. The second-order valence-electron chi connectivity index (χ2n) is 27.0. The van der Waals surface area contributed by atoms with Crippen LogP contribution in [-0.4, -0.2) is 103 Å². The lowest BCUT2D eigenvalue weighted by atomic mass is 9.83. The lowest BCUT2D eigenvalue weighted by molar-refractivity contribution is -0.117. The molecule has 0 saturated heterocycles. The van der Waals surface area contributed by atoms with Crippen molar-refractivity contribution >= 4 is 126 Å². The van der Waals surface area contributed by atoms with Crippen LogP contribution in [0.15, 0.2) is 88.6 Å². The van der Waals surface area contributed by atoms with Gasteiger partial charge in [0.25, 0.3) is 11.8 Å². The molecule has 0 atom stereocenters. The summed E-state index contributed by atoms with van der Waals surface area (Å²) in [6, 6.07) is 20.3. The molecule has 540 valence electrons. The van der Waals surface area contributed by atoms with Gasteiger partial charge >= 0.3 is 0 Å². The Bertz CT molecular complexity index is 5300. The van der Waals surface area contributed by atoms with E-state index in [9.17, 15) is 85.3 Å². The molecule has 23 heteroatoms. The number of phenols is 12. The van der Waals surface area contributed by atoms with Gasteiger partial charge in [-0.15, -0.1) is 0 Å². The molecule has 0 aliphatic carbocycles. The summed E-state index contributed by atoms with van der Waals surface area (Å²) in [5, 5.41) is 148. The van der Waals surface area contributed by atoms with Crippen molar-refractivity contribution in [1.29, 1.82) is 0 Å². The predicted octanol–water partition coefficient (Wildman–Crippen LogP) is 18.5. The molecule has 2 amide bonds. The van der Waals surface area contributed by atoms with Gasteiger partial charge in [-0.2, -0.15) is 15.2 Å². The van der Waals surface area contributed by atoms with Crippen molar-refractivity contribution in [2.45, 2.75) is 134 Å². The zero-order valence-electron chi connectivity index (χ0n) is 58.7. The van der Waals surface area contributed by atoms with Crippen LogP contribution in [0.1, 0.15) is 188 Å². The molecule has 12 rings (SSSR count). The first kappa shape index (κ1) is 76.6. The van der Waals surface area contributed by atoms with E-state index in [1.807, 2.05) is 20.8 Å². The fraction of sp³-hybridized carbons (Fsp3) is 0.247. The van der Waals surface area contributed by atoms with Crippen LogP contribution in [-0.2, 0) is 9.59 Å². The number of aromatic hydroxyl groups is 12. The quantitative estimate of drug-likeness (QED) is 0.0307. The molecule has 0 spiro atoms. The maximum Gasteiger partial charge on any atom is 0.280 e. The first-order valence-electron chi connectivity index (χ1n) is 32.8. The summed E-state index contributed by atoms with van der Waals surface area (Å²) in [4.78, 5) is 61.5. The van der Waals surface area contributed by atoms with Gasteiger partial charge in [-0.05, 0) is 164 Å².